The van der Waals surface area contributed by atoms with Gasteiger partial charge in [0.1, 0.15) is 17.7 Å². The number of carbonyl (C=O) groups excluding carboxylic acids is 1. The standard InChI is InChI=1S/C22H26N4O2/c1-14-10-16-11-15(5-6-20(16)28-14)22(27)26-9-7-18-17(13-26)12-24-21(25-18)19-4-2-3-8-23-19/h5-6,11-12,14,19,23H,2-4,7-10,13H2,1H3/t14-,19-/m0/s1. The summed E-state index contributed by atoms with van der Waals surface area (Å²) in [6.45, 7) is 4.37. The van der Waals surface area contributed by atoms with Crippen molar-refractivity contribution in [2.45, 2.75) is 57.7 Å². The Morgan fingerprint density at radius 1 is 1.29 bits per heavy atom. The molecule has 2 aromatic rings. The second-order valence-corrected chi connectivity index (χ2v) is 8.13. The topological polar surface area (TPSA) is 67.4 Å². The monoisotopic (exact) mass is 378 g/mol. The smallest absolute Gasteiger partial charge is 0.254 e. The number of piperidine rings is 1. The molecule has 1 amide bonds. The molecular weight excluding hydrogens is 352 g/mol. The molecule has 28 heavy (non-hydrogen) atoms. The van der Waals surface area contributed by atoms with Crippen LogP contribution in [0, 0.1) is 0 Å². The van der Waals surface area contributed by atoms with Crippen molar-refractivity contribution in [2.24, 2.45) is 0 Å². The molecule has 0 aliphatic carbocycles. The summed E-state index contributed by atoms with van der Waals surface area (Å²) in [5.74, 6) is 1.89. The molecule has 1 fully saturated rings. The molecule has 1 aromatic heterocycles. The Labute approximate surface area is 165 Å². The third-order valence-electron chi connectivity index (χ3n) is 6.00. The van der Waals surface area contributed by atoms with E-state index in [1.54, 1.807) is 0 Å². The summed E-state index contributed by atoms with van der Waals surface area (Å²) in [7, 11) is 0. The third kappa shape index (κ3) is 3.26. The summed E-state index contributed by atoms with van der Waals surface area (Å²) >= 11 is 0. The number of aromatic nitrogens is 2. The second kappa shape index (κ2) is 7.17. The fourth-order valence-corrected chi connectivity index (χ4v) is 4.48. The molecule has 3 aliphatic rings. The Morgan fingerprint density at radius 3 is 3.07 bits per heavy atom. The Balaban J connectivity index is 1.32. The highest BCUT2D eigenvalue weighted by atomic mass is 16.5. The maximum atomic E-state index is 13.0. The lowest BCUT2D eigenvalue weighted by atomic mass is 10.0. The first-order chi connectivity index (χ1) is 13.7. The van der Waals surface area contributed by atoms with Crippen molar-refractivity contribution in [3.05, 3.63) is 52.6 Å². The Bertz CT molecular complexity index is 907. The largest absolute Gasteiger partial charge is 0.490 e. The lowest BCUT2D eigenvalue weighted by Gasteiger charge is -2.29. The number of amides is 1. The first kappa shape index (κ1) is 17.6. The average molecular weight is 378 g/mol. The van der Waals surface area contributed by atoms with Gasteiger partial charge in [0.25, 0.3) is 5.91 Å². The van der Waals surface area contributed by atoms with Crippen molar-refractivity contribution < 1.29 is 9.53 Å². The van der Waals surface area contributed by atoms with Gasteiger partial charge in [-0.05, 0) is 50.1 Å². The molecule has 2 atom stereocenters. The Morgan fingerprint density at radius 2 is 2.21 bits per heavy atom. The normalized spacial score (nSPS) is 23.7. The number of hydrogen-bond donors (Lipinski definition) is 1. The highest BCUT2D eigenvalue weighted by molar-refractivity contribution is 5.94. The molecule has 0 spiro atoms. The molecule has 6 nitrogen and oxygen atoms in total. The van der Waals surface area contributed by atoms with Crippen LogP contribution in [-0.2, 0) is 19.4 Å². The van der Waals surface area contributed by atoms with Gasteiger partial charge < -0.3 is 15.0 Å². The maximum Gasteiger partial charge on any atom is 0.254 e. The molecule has 1 aromatic carbocycles. The lowest BCUT2D eigenvalue weighted by Crippen LogP contribution is -2.37. The van der Waals surface area contributed by atoms with E-state index in [9.17, 15) is 4.79 Å². The predicted octanol–water partition coefficient (Wildman–Crippen LogP) is 2.81. The van der Waals surface area contributed by atoms with E-state index in [-0.39, 0.29) is 18.1 Å². The van der Waals surface area contributed by atoms with Crippen molar-refractivity contribution in [2.75, 3.05) is 13.1 Å². The number of carbonyl (C=O) groups is 1. The van der Waals surface area contributed by atoms with Gasteiger partial charge in [-0.25, -0.2) is 9.97 Å². The lowest BCUT2D eigenvalue weighted by molar-refractivity contribution is 0.0733. The molecule has 6 heteroatoms. The maximum absolute atomic E-state index is 13.0. The zero-order valence-electron chi connectivity index (χ0n) is 16.3. The number of nitrogens with one attached hydrogen (secondary N) is 1. The Hall–Kier alpha value is -2.47. The van der Waals surface area contributed by atoms with E-state index in [0.717, 1.165) is 59.8 Å². The van der Waals surface area contributed by atoms with Crippen LogP contribution in [0.25, 0.3) is 0 Å². The summed E-state index contributed by atoms with van der Waals surface area (Å²) in [6, 6.07) is 6.07. The average Bonchev–Trinajstić information content (AvgIpc) is 3.12. The molecule has 146 valence electrons. The Kier molecular flexibility index (Phi) is 4.51. The van der Waals surface area contributed by atoms with Gasteiger partial charge in [-0.1, -0.05) is 6.42 Å². The van der Waals surface area contributed by atoms with Crippen LogP contribution in [0.15, 0.2) is 24.4 Å². The van der Waals surface area contributed by atoms with Gasteiger partial charge in [-0.2, -0.15) is 0 Å². The fourth-order valence-electron chi connectivity index (χ4n) is 4.48. The quantitative estimate of drug-likeness (QED) is 0.870. The van der Waals surface area contributed by atoms with Crippen LogP contribution in [-0.4, -0.2) is 40.0 Å². The van der Waals surface area contributed by atoms with Crippen LogP contribution in [0.4, 0.5) is 0 Å². The zero-order valence-corrected chi connectivity index (χ0v) is 16.3. The van der Waals surface area contributed by atoms with Crippen LogP contribution < -0.4 is 10.1 Å². The molecule has 1 saturated heterocycles. The highest BCUT2D eigenvalue weighted by Crippen LogP contribution is 2.30. The summed E-state index contributed by atoms with van der Waals surface area (Å²) in [5.41, 5.74) is 4.03. The van der Waals surface area contributed by atoms with Gasteiger partial charge >= 0.3 is 0 Å². The van der Waals surface area contributed by atoms with Crippen LogP contribution in [0.3, 0.4) is 0 Å². The summed E-state index contributed by atoms with van der Waals surface area (Å²) in [5, 5.41) is 3.51. The minimum absolute atomic E-state index is 0.0750. The molecule has 1 N–H and O–H groups in total. The number of rotatable bonds is 2. The highest BCUT2D eigenvalue weighted by Gasteiger charge is 2.27. The van der Waals surface area contributed by atoms with Crippen molar-refractivity contribution in [3.8, 4) is 5.75 Å². The summed E-state index contributed by atoms with van der Waals surface area (Å²) in [4.78, 5) is 24.4. The van der Waals surface area contributed by atoms with Crippen molar-refractivity contribution in [1.29, 1.82) is 0 Å². The van der Waals surface area contributed by atoms with E-state index in [4.69, 9.17) is 9.72 Å². The first-order valence-electron chi connectivity index (χ1n) is 10.3. The van der Waals surface area contributed by atoms with Gasteiger partial charge in [0.05, 0.1) is 11.7 Å². The van der Waals surface area contributed by atoms with E-state index in [1.165, 1.54) is 12.8 Å². The van der Waals surface area contributed by atoms with Crippen LogP contribution in [0.5, 0.6) is 5.75 Å². The fraction of sp³-hybridized carbons (Fsp3) is 0.500. The van der Waals surface area contributed by atoms with Crippen LogP contribution in [0.1, 0.15) is 65.2 Å². The summed E-state index contributed by atoms with van der Waals surface area (Å²) < 4.78 is 5.75. The van der Waals surface area contributed by atoms with Gasteiger partial charge in [0, 0.05) is 43.3 Å². The van der Waals surface area contributed by atoms with E-state index in [0.29, 0.717) is 13.1 Å². The minimum atomic E-state index is 0.0750. The molecule has 0 saturated carbocycles. The molecule has 3 aliphatic heterocycles. The molecular formula is C22H26N4O2. The number of benzene rings is 1. The number of nitrogens with zero attached hydrogens (tertiary/aromatic N) is 3. The molecule has 4 heterocycles. The van der Waals surface area contributed by atoms with Gasteiger partial charge in [0.2, 0.25) is 0 Å². The van der Waals surface area contributed by atoms with E-state index in [2.05, 4.69) is 17.2 Å². The van der Waals surface area contributed by atoms with E-state index in [1.807, 2.05) is 29.3 Å². The number of hydrogen-bond acceptors (Lipinski definition) is 5. The van der Waals surface area contributed by atoms with E-state index >= 15 is 0 Å². The number of ether oxygens (including phenoxy) is 1. The van der Waals surface area contributed by atoms with Gasteiger partial charge in [-0.3, -0.25) is 4.79 Å². The van der Waals surface area contributed by atoms with Crippen LogP contribution in [0.2, 0.25) is 0 Å². The predicted molar refractivity (Wildman–Crippen MR) is 105 cm³/mol. The van der Waals surface area contributed by atoms with Gasteiger partial charge in [-0.15, -0.1) is 0 Å². The molecule has 0 bridgehead atoms. The van der Waals surface area contributed by atoms with Crippen molar-refractivity contribution >= 4 is 5.91 Å². The van der Waals surface area contributed by atoms with Crippen molar-refractivity contribution in [3.63, 3.8) is 0 Å². The van der Waals surface area contributed by atoms with Crippen molar-refractivity contribution in [1.82, 2.24) is 20.2 Å². The number of fused-ring (bicyclic) bond motifs is 2. The zero-order chi connectivity index (χ0) is 19.1. The summed E-state index contributed by atoms with van der Waals surface area (Å²) in [6.07, 6.45) is 7.32. The molecule has 0 radical (unpaired) electrons. The van der Waals surface area contributed by atoms with Gasteiger partial charge in [0.15, 0.2) is 0 Å². The molecule has 0 unspecified atom stereocenters. The third-order valence-corrected chi connectivity index (χ3v) is 6.00. The SMILES string of the molecule is C[C@H]1Cc2cc(C(=O)N3CCc4nc([C@@H]5CCCCN5)ncc4C3)ccc2O1. The first-order valence-corrected chi connectivity index (χ1v) is 10.3. The van der Waals surface area contributed by atoms with Crippen LogP contribution >= 0.6 is 0 Å². The minimum Gasteiger partial charge on any atom is -0.490 e. The van der Waals surface area contributed by atoms with E-state index < -0.39 is 0 Å². The second-order valence-electron chi connectivity index (χ2n) is 8.13. The molecule has 5 rings (SSSR count).